The molecule has 31 heavy (non-hydrogen) atoms. The zero-order valence-electron chi connectivity index (χ0n) is 16.1. The largest absolute Gasteiger partial charge is 0.480 e. The van der Waals surface area contributed by atoms with E-state index >= 15 is 0 Å². The van der Waals surface area contributed by atoms with Crippen molar-refractivity contribution in [3.63, 3.8) is 0 Å². The van der Waals surface area contributed by atoms with Crippen LogP contribution in [0.3, 0.4) is 0 Å². The number of rotatable bonds is 8. The van der Waals surface area contributed by atoms with E-state index in [0.29, 0.717) is 25.0 Å². The molecular formula is C21H19F6NO3. The summed E-state index contributed by atoms with van der Waals surface area (Å²) in [6.45, 7) is 0. The third-order valence-electron chi connectivity index (χ3n) is 4.45. The average Bonchev–Trinajstić information content (AvgIpc) is 2.66. The molecule has 0 saturated carbocycles. The second kappa shape index (κ2) is 9.84. The minimum Gasteiger partial charge on any atom is -0.480 e. The fraction of sp³-hybridized carbons (Fsp3) is 0.333. The van der Waals surface area contributed by atoms with Gasteiger partial charge in [0.2, 0.25) is 5.91 Å². The predicted octanol–water partition coefficient (Wildman–Crippen LogP) is 4.86. The van der Waals surface area contributed by atoms with E-state index in [0.717, 1.165) is 5.56 Å². The molecule has 2 rings (SSSR count). The normalized spacial score (nSPS) is 13.0. The third kappa shape index (κ3) is 7.62. The van der Waals surface area contributed by atoms with Crippen LogP contribution in [0, 0.1) is 0 Å². The van der Waals surface area contributed by atoms with Crippen molar-refractivity contribution in [2.75, 3.05) is 0 Å². The minimum atomic E-state index is -5.03. The molecule has 0 aliphatic rings. The molecule has 0 aromatic heterocycles. The van der Waals surface area contributed by atoms with Crippen LogP contribution in [0.2, 0.25) is 0 Å². The summed E-state index contributed by atoms with van der Waals surface area (Å²) in [5.41, 5.74) is -2.64. The molecule has 0 radical (unpaired) electrons. The van der Waals surface area contributed by atoms with E-state index < -0.39 is 53.4 Å². The molecule has 0 bridgehead atoms. The van der Waals surface area contributed by atoms with Crippen LogP contribution in [0.1, 0.15) is 35.1 Å². The van der Waals surface area contributed by atoms with Crippen molar-refractivity contribution in [3.05, 3.63) is 70.8 Å². The van der Waals surface area contributed by atoms with Crippen LogP contribution in [-0.4, -0.2) is 23.0 Å². The highest BCUT2D eigenvalue weighted by Crippen LogP contribution is 2.36. The first-order valence-corrected chi connectivity index (χ1v) is 9.20. The van der Waals surface area contributed by atoms with Crippen molar-refractivity contribution in [1.82, 2.24) is 5.32 Å². The summed E-state index contributed by atoms with van der Waals surface area (Å²) in [4.78, 5) is 23.5. The summed E-state index contributed by atoms with van der Waals surface area (Å²) in [5, 5.41) is 11.4. The second-order valence-corrected chi connectivity index (χ2v) is 6.93. The molecule has 0 unspecified atom stereocenters. The maximum Gasteiger partial charge on any atom is 0.416 e. The molecule has 0 heterocycles. The van der Waals surface area contributed by atoms with Gasteiger partial charge in [-0.05, 0) is 48.6 Å². The van der Waals surface area contributed by atoms with Gasteiger partial charge in [-0.2, -0.15) is 26.3 Å². The van der Waals surface area contributed by atoms with Gasteiger partial charge in [0.1, 0.15) is 6.04 Å². The first-order valence-electron chi connectivity index (χ1n) is 9.20. The Morgan fingerprint density at radius 3 is 1.90 bits per heavy atom. The first kappa shape index (κ1) is 24.2. The highest BCUT2D eigenvalue weighted by Gasteiger charge is 2.37. The monoisotopic (exact) mass is 447 g/mol. The van der Waals surface area contributed by atoms with Crippen molar-refractivity contribution in [2.45, 2.75) is 44.1 Å². The maximum absolute atomic E-state index is 12.9. The van der Waals surface area contributed by atoms with Crippen LogP contribution >= 0.6 is 0 Å². The van der Waals surface area contributed by atoms with Crippen LogP contribution in [0.4, 0.5) is 26.3 Å². The molecule has 10 heteroatoms. The number of alkyl halides is 6. The number of carboxylic acids is 1. The highest BCUT2D eigenvalue weighted by molar-refractivity contribution is 5.84. The Morgan fingerprint density at radius 2 is 1.42 bits per heavy atom. The fourth-order valence-electron chi connectivity index (χ4n) is 2.96. The lowest BCUT2D eigenvalue weighted by Crippen LogP contribution is -2.41. The number of carboxylic acid groups (broad SMARTS) is 1. The number of carbonyl (C=O) groups is 2. The Hall–Kier alpha value is -3.04. The van der Waals surface area contributed by atoms with E-state index in [1.54, 1.807) is 0 Å². The van der Waals surface area contributed by atoms with Crippen LogP contribution < -0.4 is 5.32 Å². The van der Waals surface area contributed by atoms with E-state index in [1.807, 2.05) is 30.3 Å². The molecule has 1 amide bonds. The number of benzene rings is 2. The van der Waals surface area contributed by atoms with E-state index in [4.69, 9.17) is 0 Å². The molecule has 4 nitrogen and oxygen atoms in total. The van der Waals surface area contributed by atoms with Crippen LogP contribution in [0.15, 0.2) is 48.5 Å². The Bertz CT molecular complexity index is 877. The molecule has 2 aromatic rings. The van der Waals surface area contributed by atoms with Gasteiger partial charge in [-0.25, -0.2) is 4.79 Å². The Labute approximate surface area is 173 Å². The molecule has 0 aliphatic carbocycles. The topological polar surface area (TPSA) is 66.4 Å². The van der Waals surface area contributed by atoms with Gasteiger partial charge in [0.25, 0.3) is 0 Å². The first-order chi connectivity index (χ1) is 14.4. The highest BCUT2D eigenvalue weighted by atomic mass is 19.4. The Kier molecular flexibility index (Phi) is 7.70. The van der Waals surface area contributed by atoms with Gasteiger partial charge in [0.05, 0.1) is 17.5 Å². The lowest BCUT2D eigenvalue weighted by Gasteiger charge is -2.16. The van der Waals surface area contributed by atoms with E-state index in [-0.39, 0.29) is 12.5 Å². The number of hydrogen-bond acceptors (Lipinski definition) is 2. The fourth-order valence-corrected chi connectivity index (χ4v) is 2.96. The van der Waals surface area contributed by atoms with Gasteiger partial charge in [0, 0.05) is 0 Å². The summed E-state index contributed by atoms with van der Waals surface area (Å²) in [7, 11) is 0. The zero-order chi connectivity index (χ0) is 23.2. The van der Waals surface area contributed by atoms with Crippen molar-refractivity contribution in [3.8, 4) is 0 Å². The van der Waals surface area contributed by atoms with Crippen LogP contribution in [0.5, 0.6) is 0 Å². The van der Waals surface area contributed by atoms with Crippen LogP contribution in [-0.2, 0) is 34.8 Å². The van der Waals surface area contributed by atoms with Crippen molar-refractivity contribution in [2.24, 2.45) is 0 Å². The zero-order valence-corrected chi connectivity index (χ0v) is 16.1. The molecule has 0 fully saturated rings. The quantitative estimate of drug-likeness (QED) is 0.568. The summed E-state index contributed by atoms with van der Waals surface area (Å²) >= 11 is 0. The van der Waals surface area contributed by atoms with Gasteiger partial charge in [-0.15, -0.1) is 0 Å². The average molecular weight is 447 g/mol. The molecule has 2 aromatic carbocycles. The molecule has 1 atom stereocenters. The number of hydrogen-bond donors (Lipinski definition) is 2. The molecule has 0 aliphatic heterocycles. The molecule has 0 saturated heterocycles. The number of amides is 1. The van der Waals surface area contributed by atoms with Crippen molar-refractivity contribution in [1.29, 1.82) is 0 Å². The second-order valence-electron chi connectivity index (χ2n) is 6.93. The molecular weight excluding hydrogens is 428 g/mol. The van der Waals surface area contributed by atoms with Gasteiger partial charge < -0.3 is 10.4 Å². The number of carbonyl (C=O) groups excluding carboxylic acids is 1. The number of halogens is 6. The summed E-state index contributed by atoms with van der Waals surface area (Å²) in [6, 6.07) is 8.68. The molecule has 168 valence electrons. The van der Waals surface area contributed by atoms with E-state index in [9.17, 15) is 41.0 Å². The van der Waals surface area contributed by atoms with Crippen molar-refractivity contribution >= 4 is 11.9 Å². The molecule has 2 N–H and O–H groups in total. The number of aryl methyl sites for hydroxylation is 1. The maximum atomic E-state index is 12.9. The van der Waals surface area contributed by atoms with Gasteiger partial charge in [0.15, 0.2) is 0 Å². The van der Waals surface area contributed by atoms with E-state index in [1.165, 1.54) is 0 Å². The summed E-state index contributed by atoms with van der Waals surface area (Å²) < 4.78 is 77.5. The van der Waals surface area contributed by atoms with Gasteiger partial charge >= 0.3 is 18.3 Å². The summed E-state index contributed by atoms with van der Waals surface area (Å²) in [6.07, 6.45) is -9.89. The van der Waals surface area contributed by atoms with Crippen LogP contribution in [0.25, 0.3) is 0 Å². The van der Waals surface area contributed by atoms with E-state index in [2.05, 4.69) is 5.32 Å². The van der Waals surface area contributed by atoms with Gasteiger partial charge in [-0.3, -0.25) is 4.79 Å². The Balaban J connectivity index is 2.07. The number of nitrogens with one attached hydrogen (secondary N) is 1. The predicted molar refractivity (Wildman–Crippen MR) is 99.1 cm³/mol. The molecule has 0 spiro atoms. The lowest BCUT2D eigenvalue weighted by atomic mass is 10.0. The smallest absolute Gasteiger partial charge is 0.416 e. The Morgan fingerprint density at radius 1 is 0.871 bits per heavy atom. The standard InChI is InChI=1S/C21H19F6NO3/c22-20(23,24)15-9-14(10-16(12-15)21(25,26)27)11-18(29)28-17(19(30)31)8-4-7-13-5-2-1-3-6-13/h1-3,5-6,9-10,12,17H,4,7-8,11H2,(H,28,29)(H,30,31)/t17-/m0/s1. The number of aliphatic carboxylic acids is 1. The minimum absolute atomic E-state index is 0.0367. The van der Waals surface area contributed by atoms with Gasteiger partial charge in [-0.1, -0.05) is 30.3 Å². The van der Waals surface area contributed by atoms with Crippen molar-refractivity contribution < 1.29 is 41.0 Å². The summed E-state index contributed by atoms with van der Waals surface area (Å²) in [5.74, 6) is -2.33. The third-order valence-corrected chi connectivity index (χ3v) is 4.45. The SMILES string of the molecule is O=C(Cc1cc(C(F)(F)F)cc(C(F)(F)F)c1)N[C@@H](CCCc1ccccc1)C(=O)O. The lowest BCUT2D eigenvalue weighted by molar-refractivity contribution is -0.143.